The minimum absolute atomic E-state index is 0.198. The van der Waals surface area contributed by atoms with E-state index in [1.54, 1.807) is 6.08 Å². The molecule has 0 atom stereocenters. The van der Waals surface area contributed by atoms with Gasteiger partial charge in [-0.05, 0) is 61.3 Å². The monoisotopic (exact) mass is 273 g/mol. The maximum atomic E-state index is 12.9. The second-order valence-corrected chi connectivity index (χ2v) is 5.17. The molecule has 1 fully saturated rings. The van der Waals surface area contributed by atoms with Crippen LogP contribution in [0.4, 0.5) is 8.78 Å². The van der Waals surface area contributed by atoms with E-state index in [0.717, 1.165) is 25.7 Å². The van der Waals surface area contributed by atoms with E-state index in [2.05, 4.69) is 0 Å². The van der Waals surface area contributed by atoms with Crippen molar-refractivity contribution >= 4 is 0 Å². The highest BCUT2D eigenvalue weighted by molar-refractivity contribution is 5.22. The van der Waals surface area contributed by atoms with Crippen LogP contribution in [-0.4, -0.2) is 0 Å². The van der Waals surface area contributed by atoms with Crippen molar-refractivity contribution in [3.05, 3.63) is 59.7 Å². The molecule has 1 aromatic rings. The van der Waals surface area contributed by atoms with Gasteiger partial charge in [0.2, 0.25) is 0 Å². The van der Waals surface area contributed by atoms with Crippen molar-refractivity contribution in [2.45, 2.75) is 31.6 Å². The molecule has 0 aliphatic heterocycles. The van der Waals surface area contributed by atoms with Crippen molar-refractivity contribution in [1.82, 2.24) is 0 Å². The highest BCUT2D eigenvalue weighted by Crippen LogP contribution is 2.36. The number of allylic oxidation sites excluding steroid dienone is 4. The zero-order chi connectivity index (χ0) is 14.4. The van der Waals surface area contributed by atoms with Crippen LogP contribution >= 0.6 is 0 Å². The van der Waals surface area contributed by atoms with Gasteiger partial charge in [0.25, 0.3) is 0 Å². The Labute approximate surface area is 118 Å². The molecule has 2 rings (SSSR count). The van der Waals surface area contributed by atoms with Crippen LogP contribution in [0.15, 0.2) is 48.3 Å². The topological polar surface area (TPSA) is 23.8 Å². The molecule has 3 heteroatoms. The molecule has 1 aliphatic rings. The van der Waals surface area contributed by atoms with Crippen LogP contribution in [0.25, 0.3) is 0 Å². The molecule has 1 saturated carbocycles. The van der Waals surface area contributed by atoms with Crippen molar-refractivity contribution in [3.8, 4) is 6.07 Å². The second kappa shape index (κ2) is 7.00. The Morgan fingerprint density at radius 1 is 1.15 bits per heavy atom. The van der Waals surface area contributed by atoms with Crippen LogP contribution in [0.3, 0.4) is 0 Å². The zero-order valence-electron chi connectivity index (χ0n) is 11.2. The fourth-order valence-electron chi connectivity index (χ4n) is 2.71. The summed E-state index contributed by atoms with van der Waals surface area (Å²) in [5, 5.41) is 8.30. The Morgan fingerprint density at radius 2 is 1.80 bits per heavy atom. The summed E-state index contributed by atoms with van der Waals surface area (Å²) < 4.78 is 25.5. The molecule has 0 amide bonds. The minimum atomic E-state index is -0.763. The summed E-state index contributed by atoms with van der Waals surface area (Å²) in [6.45, 7) is 0. The molecule has 0 heterocycles. The van der Waals surface area contributed by atoms with E-state index in [0.29, 0.717) is 11.8 Å². The lowest BCUT2D eigenvalue weighted by atomic mass is 9.78. The predicted octanol–water partition coefficient (Wildman–Crippen LogP) is 5.03. The van der Waals surface area contributed by atoms with Crippen molar-refractivity contribution < 1.29 is 8.78 Å². The summed E-state index contributed by atoms with van der Waals surface area (Å²) in [5.41, 5.74) is 1.20. The predicted molar refractivity (Wildman–Crippen MR) is 75.0 cm³/mol. The molecule has 0 spiro atoms. The molecule has 104 valence electrons. The number of nitrogens with zero attached hydrogens (tertiary/aromatic N) is 1. The largest absolute Gasteiger partial charge is 0.207 e. The fraction of sp³-hybridized carbons (Fsp3) is 0.353. The number of rotatable bonds is 3. The number of hydrogen-bond acceptors (Lipinski definition) is 1. The first-order valence-electron chi connectivity index (χ1n) is 6.88. The zero-order valence-corrected chi connectivity index (χ0v) is 11.2. The van der Waals surface area contributed by atoms with E-state index in [9.17, 15) is 8.78 Å². The van der Waals surface area contributed by atoms with Gasteiger partial charge in [0.05, 0.1) is 0 Å². The van der Waals surface area contributed by atoms with Crippen LogP contribution in [-0.2, 0) is 0 Å². The first kappa shape index (κ1) is 14.5. The summed E-state index contributed by atoms with van der Waals surface area (Å²) in [6, 6.07) is 8.19. The van der Waals surface area contributed by atoms with Gasteiger partial charge in [0.15, 0.2) is 5.83 Å². The Bertz CT molecular complexity index is 529. The summed E-state index contributed by atoms with van der Waals surface area (Å²) in [5.74, 6) is -0.0287. The van der Waals surface area contributed by atoms with E-state index >= 15 is 0 Å². The highest BCUT2D eigenvalue weighted by Gasteiger charge is 2.20. The Morgan fingerprint density at radius 3 is 2.40 bits per heavy atom. The summed E-state index contributed by atoms with van der Waals surface area (Å²) in [4.78, 5) is 0. The third-order valence-corrected chi connectivity index (χ3v) is 3.85. The minimum Gasteiger partial charge on any atom is -0.207 e. The van der Waals surface area contributed by atoms with Gasteiger partial charge in [0.1, 0.15) is 11.9 Å². The molecule has 0 N–H and O–H groups in total. The number of hydrogen-bond donors (Lipinski definition) is 0. The summed E-state index contributed by atoms with van der Waals surface area (Å²) in [6.07, 6.45) is 9.00. The molecule has 0 saturated heterocycles. The average Bonchev–Trinajstić information content (AvgIpc) is 2.48. The number of benzene rings is 1. The molecule has 1 nitrogen and oxygen atoms in total. The molecule has 0 unspecified atom stereocenters. The maximum absolute atomic E-state index is 12.9. The fourth-order valence-corrected chi connectivity index (χ4v) is 2.71. The van der Waals surface area contributed by atoms with Gasteiger partial charge in [-0.25, -0.2) is 4.39 Å². The Hall–Kier alpha value is -1.95. The lowest BCUT2D eigenvalue weighted by molar-refractivity contribution is 0.375. The summed E-state index contributed by atoms with van der Waals surface area (Å²) in [7, 11) is 0. The van der Waals surface area contributed by atoms with E-state index in [1.165, 1.54) is 29.8 Å². The quantitative estimate of drug-likeness (QED) is 0.559. The van der Waals surface area contributed by atoms with E-state index in [1.807, 2.05) is 18.2 Å². The van der Waals surface area contributed by atoms with Crippen LogP contribution in [0.1, 0.15) is 37.2 Å². The van der Waals surface area contributed by atoms with Gasteiger partial charge < -0.3 is 0 Å². The molecule has 0 aromatic heterocycles. The Kier molecular flexibility index (Phi) is 5.06. The number of nitriles is 1. The van der Waals surface area contributed by atoms with E-state index < -0.39 is 5.83 Å². The molecule has 1 aromatic carbocycles. The van der Waals surface area contributed by atoms with Gasteiger partial charge in [-0.3, -0.25) is 0 Å². The maximum Gasteiger partial charge on any atom is 0.199 e. The van der Waals surface area contributed by atoms with Gasteiger partial charge >= 0.3 is 0 Å². The van der Waals surface area contributed by atoms with Crippen molar-refractivity contribution in [2.75, 3.05) is 0 Å². The SMILES string of the molecule is N#C/C(F)=C/C=C/[C@H]1CC[C@H](c2ccc(F)cc2)CC1. The van der Waals surface area contributed by atoms with Gasteiger partial charge in [-0.15, -0.1) is 0 Å². The number of halogens is 2. The standard InChI is InChI=1S/C17H17F2N/c18-16-10-8-15(9-11-16)14-6-4-13(5-7-14)2-1-3-17(19)12-20/h1-3,8-11,13-14H,4-7H2/b2-1+,17-3-/t13-,14-. The molecule has 0 bridgehead atoms. The Balaban J connectivity index is 1.86. The van der Waals surface area contributed by atoms with Gasteiger partial charge in [-0.1, -0.05) is 24.3 Å². The molecule has 0 radical (unpaired) electrons. The normalized spacial score (nSPS) is 23.8. The van der Waals surface area contributed by atoms with Crippen LogP contribution < -0.4 is 0 Å². The van der Waals surface area contributed by atoms with E-state index in [4.69, 9.17) is 5.26 Å². The van der Waals surface area contributed by atoms with Crippen LogP contribution in [0, 0.1) is 23.1 Å². The van der Waals surface area contributed by atoms with Crippen LogP contribution in [0.5, 0.6) is 0 Å². The van der Waals surface area contributed by atoms with Gasteiger partial charge in [-0.2, -0.15) is 9.65 Å². The van der Waals surface area contributed by atoms with Gasteiger partial charge in [0, 0.05) is 0 Å². The lowest BCUT2D eigenvalue weighted by Crippen LogP contribution is -2.11. The third kappa shape index (κ3) is 4.03. The molecular weight excluding hydrogens is 256 g/mol. The molecule has 20 heavy (non-hydrogen) atoms. The highest BCUT2D eigenvalue weighted by atomic mass is 19.1. The first-order chi connectivity index (χ1) is 9.69. The second-order valence-electron chi connectivity index (χ2n) is 5.17. The third-order valence-electron chi connectivity index (χ3n) is 3.85. The lowest BCUT2D eigenvalue weighted by Gasteiger charge is -2.27. The summed E-state index contributed by atoms with van der Waals surface area (Å²) >= 11 is 0. The van der Waals surface area contributed by atoms with Crippen molar-refractivity contribution in [2.24, 2.45) is 5.92 Å². The van der Waals surface area contributed by atoms with Crippen molar-refractivity contribution in [1.29, 1.82) is 5.26 Å². The smallest absolute Gasteiger partial charge is 0.199 e. The average molecular weight is 273 g/mol. The van der Waals surface area contributed by atoms with Crippen LogP contribution in [0.2, 0.25) is 0 Å². The van der Waals surface area contributed by atoms with Crippen molar-refractivity contribution in [3.63, 3.8) is 0 Å². The van der Waals surface area contributed by atoms with E-state index in [-0.39, 0.29) is 5.82 Å². The first-order valence-corrected chi connectivity index (χ1v) is 6.88. The molecular formula is C17H17F2N. The molecule has 1 aliphatic carbocycles.